The van der Waals surface area contributed by atoms with E-state index in [1.165, 1.54) is 0 Å². The van der Waals surface area contributed by atoms with E-state index in [1.807, 2.05) is 19.1 Å². The minimum Gasteiger partial charge on any atom is -0.423 e. The third kappa shape index (κ3) is 5.53. The monoisotopic (exact) mass is 508 g/mol. The maximum Gasteiger partial charge on any atom is 0.343 e. The third-order valence-corrected chi connectivity index (χ3v) is 6.34. The summed E-state index contributed by atoms with van der Waals surface area (Å²) in [5.41, 5.74) is 5.09. The van der Waals surface area contributed by atoms with Gasteiger partial charge in [-0.15, -0.1) is 0 Å². The molecule has 0 saturated carbocycles. The number of rotatable bonds is 5. The molecule has 0 aliphatic carbocycles. The fraction of sp³-hybridized carbons (Fsp3) is 0.0400. The number of halogens is 1. The molecular formula is C25H17ClN2O4S2. The molecule has 9 heteroatoms. The summed E-state index contributed by atoms with van der Waals surface area (Å²) in [6.45, 7) is 1.92. The van der Waals surface area contributed by atoms with Gasteiger partial charge in [-0.05, 0) is 79.3 Å². The standard InChI is InChI=1S/C25H17ClN2O4S2/c1-15-2-6-17(7-3-15)22(29)27-28-23(30)21(34-25(28)33)14-16-4-12-20(13-5-16)32-24(31)18-8-10-19(26)11-9-18/h2-14H,1H3,(H,27,29)/b21-14-. The van der Waals surface area contributed by atoms with Gasteiger partial charge in [0.25, 0.3) is 11.8 Å². The van der Waals surface area contributed by atoms with Crippen LogP contribution < -0.4 is 10.2 Å². The van der Waals surface area contributed by atoms with Crippen molar-refractivity contribution in [3.05, 3.63) is 105 Å². The second-order valence-electron chi connectivity index (χ2n) is 7.29. The quantitative estimate of drug-likeness (QED) is 0.215. The molecule has 2 amide bonds. The number of carbonyl (C=O) groups is 3. The SMILES string of the molecule is Cc1ccc(C(=O)NN2C(=O)/C(=C/c3ccc(OC(=O)c4ccc(Cl)cc4)cc3)SC2=S)cc1. The highest BCUT2D eigenvalue weighted by Crippen LogP contribution is 2.31. The summed E-state index contributed by atoms with van der Waals surface area (Å²) < 4.78 is 5.59. The molecule has 1 fully saturated rings. The molecule has 3 aromatic rings. The number of aryl methyl sites for hydroxylation is 1. The van der Waals surface area contributed by atoms with Crippen LogP contribution in [-0.4, -0.2) is 27.1 Å². The number of ether oxygens (including phenoxy) is 1. The van der Waals surface area contributed by atoms with E-state index in [1.54, 1.807) is 66.7 Å². The van der Waals surface area contributed by atoms with Crippen molar-refractivity contribution in [3.8, 4) is 5.75 Å². The number of thiocarbonyl (C=S) groups is 1. The van der Waals surface area contributed by atoms with E-state index in [-0.39, 0.29) is 4.32 Å². The predicted octanol–water partition coefficient (Wildman–Crippen LogP) is 5.41. The first-order chi connectivity index (χ1) is 16.3. The van der Waals surface area contributed by atoms with Crippen molar-refractivity contribution in [1.82, 2.24) is 10.4 Å². The fourth-order valence-electron chi connectivity index (χ4n) is 2.97. The van der Waals surface area contributed by atoms with Crippen molar-refractivity contribution in [2.45, 2.75) is 6.92 Å². The second kappa shape index (κ2) is 10.2. The molecule has 1 N–H and O–H groups in total. The minimum absolute atomic E-state index is 0.227. The Morgan fingerprint density at radius 2 is 1.59 bits per heavy atom. The zero-order valence-electron chi connectivity index (χ0n) is 17.8. The maximum atomic E-state index is 12.8. The normalized spacial score (nSPS) is 14.4. The first-order valence-electron chi connectivity index (χ1n) is 10.0. The van der Waals surface area contributed by atoms with E-state index in [2.05, 4.69) is 5.43 Å². The molecule has 0 aromatic heterocycles. The number of carbonyl (C=O) groups excluding carboxylic acids is 3. The van der Waals surface area contributed by atoms with Crippen molar-refractivity contribution in [1.29, 1.82) is 0 Å². The van der Waals surface area contributed by atoms with Crippen LogP contribution in [0.4, 0.5) is 0 Å². The summed E-state index contributed by atoms with van der Waals surface area (Å²) in [5, 5.41) is 1.59. The molecule has 6 nitrogen and oxygen atoms in total. The first-order valence-corrected chi connectivity index (χ1v) is 11.6. The lowest BCUT2D eigenvalue weighted by molar-refractivity contribution is -0.123. The van der Waals surface area contributed by atoms with Crippen LogP contribution >= 0.6 is 35.6 Å². The zero-order chi connectivity index (χ0) is 24.2. The highest BCUT2D eigenvalue weighted by atomic mass is 35.5. The van der Waals surface area contributed by atoms with Crippen LogP contribution in [0.5, 0.6) is 5.75 Å². The molecule has 4 rings (SSSR count). The summed E-state index contributed by atoms with van der Waals surface area (Å²) in [7, 11) is 0. The van der Waals surface area contributed by atoms with Gasteiger partial charge < -0.3 is 4.74 Å². The molecule has 0 radical (unpaired) electrons. The Morgan fingerprint density at radius 1 is 0.971 bits per heavy atom. The number of nitrogens with zero attached hydrogens (tertiary/aromatic N) is 1. The number of hydrogen-bond acceptors (Lipinski definition) is 6. The van der Waals surface area contributed by atoms with E-state index in [0.717, 1.165) is 22.3 Å². The van der Waals surface area contributed by atoms with Crippen LogP contribution in [0.3, 0.4) is 0 Å². The van der Waals surface area contributed by atoms with Gasteiger partial charge in [-0.25, -0.2) is 4.79 Å². The summed E-state index contributed by atoms with van der Waals surface area (Å²) in [6, 6.07) is 20.0. The van der Waals surface area contributed by atoms with Gasteiger partial charge in [0, 0.05) is 10.6 Å². The van der Waals surface area contributed by atoms with Gasteiger partial charge in [-0.3, -0.25) is 15.0 Å². The number of hydrazine groups is 1. The van der Waals surface area contributed by atoms with Crippen LogP contribution in [0.1, 0.15) is 31.8 Å². The summed E-state index contributed by atoms with van der Waals surface area (Å²) >= 11 is 12.2. The zero-order valence-corrected chi connectivity index (χ0v) is 20.2. The Balaban J connectivity index is 1.41. The highest BCUT2D eigenvalue weighted by molar-refractivity contribution is 8.26. The molecule has 0 spiro atoms. The average molecular weight is 509 g/mol. The summed E-state index contributed by atoms with van der Waals surface area (Å²) in [5.74, 6) is -0.997. The van der Waals surface area contributed by atoms with Crippen molar-refractivity contribution < 1.29 is 19.1 Å². The van der Waals surface area contributed by atoms with Crippen molar-refractivity contribution >= 4 is 63.8 Å². The summed E-state index contributed by atoms with van der Waals surface area (Å²) in [4.78, 5) is 37.9. The average Bonchev–Trinajstić information content (AvgIpc) is 3.08. The number of esters is 1. The molecule has 34 heavy (non-hydrogen) atoms. The third-order valence-electron chi connectivity index (χ3n) is 4.79. The Morgan fingerprint density at radius 3 is 2.24 bits per heavy atom. The number of amides is 2. The Labute approximate surface area is 210 Å². The Kier molecular flexibility index (Phi) is 7.12. The number of thioether (sulfide) groups is 1. The molecule has 1 aliphatic heterocycles. The molecule has 3 aromatic carbocycles. The lowest BCUT2D eigenvalue weighted by Crippen LogP contribution is -2.44. The van der Waals surface area contributed by atoms with E-state index < -0.39 is 17.8 Å². The van der Waals surface area contributed by atoms with Crippen molar-refractivity contribution in [3.63, 3.8) is 0 Å². The van der Waals surface area contributed by atoms with Crippen LogP contribution in [-0.2, 0) is 4.79 Å². The van der Waals surface area contributed by atoms with Crippen molar-refractivity contribution in [2.75, 3.05) is 0 Å². The van der Waals surface area contributed by atoms with Crippen LogP contribution in [0.15, 0.2) is 77.7 Å². The number of hydrogen-bond donors (Lipinski definition) is 1. The molecule has 170 valence electrons. The highest BCUT2D eigenvalue weighted by Gasteiger charge is 2.33. The fourth-order valence-corrected chi connectivity index (χ4v) is 4.28. The van der Waals surface area contributed by atoms with Gasteiger partial charge in [0.2, 0.25) is 0 Å². The topological polar surface area (TPSA) is 75.7 Å². The van der Waals surface area contributed by atoms with E-state index in [0.29, 0.717) is 32.4 Å². The largest absolute Gasteiger partial charge is 0.423 e. The van der Waals surface area contributed by atoms with Gasteiger partial charge >= 0.3 is 5.97 Å². The minimum atomic E-state index is -0.505. The van der Waals surface area contributed by atoms with E-state index in [9.17, 15) is 14.4 Å². The molecule has 0 unspecified atom stereocenters. The van der Waals surface area contributed by atoms with Gasteiger partial charge in [-0.2, -0.15) is 5.01 Å². The van der Waals surface area contributed by atoms with E-state index >= 15 is 0 Å². The molecular weight excluding hydrogens is 492 g/mol. The first kappa shape index (κ1) is 23.7. The molecule has 1 saturated heterocycles. The molecule has 0 atom stereocenters. The van der Waals surface area contributed by atoms with Crippen LogP contribution in [0.25, 0.3) is 6.08 Å². The number of benzene rings is 3. The van der Waals surface area contributed by atoms with Crippen LogP contribution in [0.2, 0.25) is 5.02 Å². The van der Waals surface area contributed by atoms with E-state index in [4.69, 9.17) is 28.6 Å². The van der Waals surface area contributed by atoms with Gasteiger partial charge in [0.15, 0.2) is 4.32 Å². The van der Waals surface area contributed by atoms with Gasteiger partial charge in [-0.1, -0.05) is 53.2 Å². The maximum absolute atomic E-state index is 12.8. The molecule has 1 aliphatic rings. The smallest absolute Gasteiger partial charge is 0.343 e. The number of nitrogens with one attached hydrogen (secondary N) is 1. The molecule has 0 bridgehead atoms. The lowest BCUT2D eigenvalue weighted by atomic mass is 10.1. The van der Waals surface area contributed by atoms with Gasteiger partial charge in [0.05, 0.1) is 10.5 Å². The Bertz CT molecular complexity index is 1300. The second-order valence-corrected chi connectivity index (χ2v) is 9.40. The lowest BCUT2D eigenvalue weighted by Gasteiger charge is -2.15. The molecule has 1 heterocycles. The van der Waals surface area contributed by atoms with Crippen molar-refractivity contribution in [2.24, 2.45) is 0 Å². The van der Waals surface area contributed by atoms with Crippen LogP contribution in [0, 0.1) is 6.92 Å². The predicted molar refractivity (Wildman–Crippen MR) is 137 cm³/mol. The Hall–Kier alpha value is -3.46. The summed E-state index contributed by atoms with van der Waals surface area (Å²) in [6.07, 6.45) is 1.65. The van der Waals surface area contributed by atoms with Gasteiger partial charge in [0.1, 0.15) is 5.75 Å².